The largest absolute Gasteiger partial charge is 0.398 e. The topological polar surface area (TPSA) is 38.9 Å². The maximum Gasteiger partial charge on any atom is 0.0983 e. The average molecular weight is 240 g/mol. The highest BCUT2D eigenvalue weighted by Gasteiger charge is 2.05. The van der Waals surface area contributed by atoms with Gasteiger partial charge in [0.15, 0.2) is 0 Å². The van der Waals surface area contributed by atoms with Gasteiger partial charge in [-0.05, 0) is 23.8 Å². The van der Waals surface area contributed by atoms with Crippen molar-refractivity contribution in [2.24, 2.45) is 0 Å². The van der Waals surface area contributed by atoms with Gasteiger partial charge in [-0.3, -0.25) is 0 Å². The minimum absolute atomic E-state index is 0.812. The molecule has 2 aromatic carbocycles. The van der Waals surface area contributed by atoms with Crippen LogP contribution in [0.15, 0.2) is 48.5 Å². The number of hydrogen-bond donors (Lipinski definition) is 1. The van der Waals surface area contributed by atoms with E-state index in [1.54, 1.807) is 11.3 Å². The van der Waals surface area contributed by atoms with Crippen molar-refractivity contribution in [2.45, 2.75) is 6.42 Å². The van der Waals surface area contributed by atoms with Crippen LogP contribution in [0.2, 0.25) is 0 Å². The second-order valence-electron chi connectivity index (χ2n) is 3.95. The number of fused-ring (bicyclic) bond motifs is 1. The van der Waals surface area contributed by atoms with Crippen molar-refractivity contribution in [2.75, 3.05) is 5.73 Å². The Labute approximate surface area is 104 Å². The van der Waals surface area contributed by atoms with Crippen LogP contribution in [-0.4, -0.2) is 4.98 Å². The fraction of sp³-hybridized carbons (Fsp3) is 0.0714. The van der Waals surface area contributed by atoms with Crippen molar-refractivity contribution in [1.29, 1.82) is 0 Å². The number of thiazole rings is 1. The Balaban J connectivity index is 1.98. The molecule has 0 amide bonds. The van der Waals surface area contributed by atoms with Crippen molar-refractivity contribution in [1.82, 2.24) is 4.98 Å². The number of nitrogens with two attached hydrogens (primary N) is 1. The molecule has 0 saturated carbocycles. The van der Waals surface area contributed by atoms with Gasteiger partial charge in [0.2, 0.25) is 0 Å². The molecule has 3 aromatic rings. The fourth-order valence-electron chi connectivity index (χ4n) is 1.85. The molecule has 0 saturated heterocycles. The van der Waals surface area contributed by atoms with Gasteiger partial charge in [-0.15, -0.1) is 11.3 Å². The smallest absolute Gasteiger partial charge is 0.0983 e. The molecule has 0 fully saturated rings. The summed E-state index contributed by atoms with van der Waals surface area (Å²) in [6.07, 6.45) is 0.812. The summed E-state index contributed by atoms with van der Waals surface area (Å²) in [4.78, 5) is 4.61. The number of rotatable bonds is 2. The molecule has 17 heavy (non-hydrogen) atoms. The summed E-state index contributed by atoms with van der Waals surface area (Å²) in [5.41, 5.74) is 9.00. The van der Waals surface area contributed by atoms with Gasteiger partial charge in [-0.25, -0.2) is 4.98 Å². The first-order chi connectivity index (χ1) is 8.33. The molecule has 1 heterocycles. The maximum atomic E-state index is 5.94. The number of benzene rings is 2. The van der Waals surface area contributed by atoms with Gasteiger partial charge in [0.1, 0.15) is 0 Å². The van der Waals surface area contributed by atoms with E-state index in [4.69, 9.17) is 5.73 Å². The number of aromatic nitrogens is 1. The second kappa shape index (κ2) is 4.18. The zero-order chi connectivity index (χ0) is 11.7. The Morgan fingerprint density at radius 3 is 2.59 bits per heavy atom. The SMILES string of the molecule is Nc1ccccc1Cc1nc2ccccc2s1. The van der Waals surface area contributed by atoms with Gasteiger partial charge in [0, 0.05) is 12.1 Å². The highest BCUT2D eigenvalue weighted by molar-refractivity contribution is 7.18. The summed E-state index contributed by atoms with van der Waals surface area (Å²) < 4.78 is 1.23. The third kappa shape index (κ3) is 2.01. The second-order valence-corrected chi connectivity index (χ2v) is 5.07. The highest BCUT2D eigenvalue weighted by atomic mass is 32.1. The van der Waals surface area contributed by atoms with Crippen LogP contribution in [-0.2, 0) is 6.42 Å². The minimum Gasteiger partial charge on any atom is -0.398 e. The van der Waals surface area contributed by atoms with E-state index in [9.17, 15) is 0 Å². The number of anilines is 1. The molecule has 1 aromatic heterocycles. The molecule has 0 aliphatic carbocycles. The average Bonchev–Trinajstić information content (AvgIpc) is 2.74. The first kappa shape index (κ1) is 10.3. The standard InChI is InChI=1S/C14H12N2S/c15-11-6-2-1-5-10(11)9-14-16-12-7-3-4-8-13(12)17-14/h1-8H,9,15H2. The number of nitrogens with zero attached hydrogens (tertiary/aromatic N) is 1. The quantitative estimate of drug-likeness (QED) is 0.697. The molecule has 3 heteroatoms. The van der Waals surface area contributed by atoms with Gasteiger partial charge in [-0.2, -0.15) is 0 Å². The first-order valence-corrected chi connectivity index (χ1v) is 6.32. The van der Waals surface area contributed by atoms with Crippen molar-refractivity contribution in [3.63, 3.8) is 0 Å². The van der Waals surface area contributed by atoms with Crippen LogP contribution >= 0.6 is 11.3 Å². The number of para-hydroxylation sites is 2. The van der Waals surface area contributed by atoms with E-state index in [0.717, 1.165) is 28.2 Å². The number of hydrogen-bond acceptors (Lipinski definition) is 3. The van der Waals surface area contributed by atoms with E-state index >= 15 is 0 Å². The summed E-state index contributed by atoms with van der Waals surface area (Å²) in [6, 6.07) is 16.2. The molecule has 0 aliphatic rings. The van der Waals surface area contributed by atoms with Gasteiger partial charge in [0.05, 0.1) is 15.2 Å². The zero-order valence-electron chi connectivity index (χ0n) is 9.26. The van der Waals surface area contributed by atoms with E-state index in [1.807, 2.05) is 36.4 Å². The molecule has 0 radical (unpaired) electrons. The Bertz CT molecular complexity index is 625. The van der Waals surface area contributed by atoms with Crippen LogP contribution in [0.5, 0.6) is 0 Å². The predicted molar refractivity (Wildman–Crippen MR) is 73.3 cm³/mol. The molecule has 0 unspecified atom stereocenters. The van der Waals surface area contributed by atoms with Crippen LogP contribution in [0.4, 0.5) is 5.69 Å². The third-order valence-corrected chi connectivity index (χ3v) is 3.77. The summed E-state index contributed by atoms with van der Waals surface area (Å²) in [7, 11) is 0. The summed E-state index contributed by atoms with van der Waals surface area (Å²) in [6.45, 7) is 0. The van der Waals surface area contributed by atoms with E-state index in [0.29, 0.717) is 0 Å². The van der Waals surface area contributed by atoms with E-state index in [1.165, 1.54) is 4.70 Å². The van der Waals surface area contributed by atoms with E-state index < -0.39 is 0 Å². The Kier molecular flexibility index (Phi) is 2.53. The van der Waals surface area contributed by atoms with E-state index in [-0.39, 0.29) is 0 Å². The van der Waals surface area contributed by atoms with Gasteiger partial charge < -0.3 is 5.73 Å². The lowest BCUT2D eigenvalue weighted by Gasteiger charge is -2.01. The first-order valence-electron chi connectivity index (χ1n) is 5.51. The van der Waals surface area contributed by atoms with Crippen LogP contribution < -0.4 is 5.73 Å². The molecule has 84 valence electrons. The third-order valence-electron chi connectivity index (χ3n) is 2.73. The number of nitrogen functional groups attached to an aromatic ring is 1. The Hall–Kier alpha value is -1.87. The molecule has 2 nitrogen and oxygen atoms in total. The summed E-state index contributed by atoms with van der Waals surface area (Å²) in [5.74, 6) is 0. The zero-order valence-corrected chi connectivity index (χ0v) is 10.1. The van der Waals surface area contributed by atoms with Gasteiger partial charge in [-0.1, -0.05) is 30.3 Å². The lowest BCUT2D eigenvalue weighted by Crippen LogP contribution is -1.94. The van der Waals surface area contributed by atoms with Crippen LogP contribution in [0, 0.1) is 0 Å². The lowest BCUT2D eigenvalue weighted by molar-refractivity contribution is 1.16. The van der Waals surface area contributed by atoms with Crippen molar-refractivity contribution >= 4 is 27.2 Å². The molecule has 0 aliphatic heterocycles. The molecular formula is C14H12N2S. The molecule has 0 bridgehead atoms. The van der Waals surface area contributed by atoms with Crippen LogP contribution in [0.25, 0.3) is 10.2 Å². The fourth-order valence-corrected chi connectivity index (χ4v) is 2.84. The predicted octanol–water partition coefficient (Wildman–Crippen LogP) is 3.47. The summed E-state index contributed by atoms with van der Waals surface area (Å²) >= 11 is 1.73. The molecule has 2 N–H and O–H groups in total. The molecular weight excluding hydrogens is 228 g/mol. The van der Waals surface area contributed by atoms with Crippen molar-refractivity contribution < 1.29 is 0 Å². The maximum absolute atomic E-state index is 5.94. The normalized spacial score (nSPS) is 10.8. The minimum atomic E-state index is 0.812. The summed E-state index contributed by atoms with van der Waals surface area (Å²) in [5, 5.41) is 1.11. The van der Waals surface area contributed by atoms with E-state index in [2.05, 4.69) is 17.1 Å². The molecule has 3 rings (SSSR count). The van der Waals surface area contributed by atoms with Crippen LogP contribution in [0.1, 0.15) is 10.6 Å². The lowest BCUT2D eigenvalue weighted by atomic mass is 10.1. The molecule has 0 spiro atoms. The Morgan fingerprint density at radius 2 is 1.76 bits per heavy atom. The monoisotopic (exact) mass is 240 g/mol. The van der Waals surface area contributed by atoms with Crippen LogP contribution in [0.3, 0.4) is 0 Å². The Morgan fingerprint density at radius 1 is 1.00 bits per heavy atom. The highest BCUT2D eigenvalue weighted by Crippen LogP contribution is 2.25. The van der Waals surface area contributed by atoms with Crippen molar-refractivity contribution in [3.05, 3.63) is 59.1 Å². The van der Waals surface area contributed by atoms with Crippen molar-refractivity contribution in [3.8, 4) is 0 Å². The van der Waals surface area contributed by atoms with Gasteiger partial charge >= 0.3 is 0 Å². The van der Waals surface area contributed by atoms with Gasteiger partial charge in [0.25, 0.3) is 0 Å². The molecule has 0 atom stereocenters.